The number of hydrogen-bond acceptors (Lipinski definition) is 3. The molecule has 0 saturated carbocycles. The highest BCUT2D eigenvalue weighted by atomic mass is 127. The molecule has 1 aliphatic rings. The Morgan fingerprint density at radius 3 is 2.71 bits per heavy atom. The Kier molecular flexibility index (Phi) is 3.73. The lowest BCUT2D eigenvalue weighted by Gasteiger charge is -2.25. The predicted octanol–water partition coefficient (Wildman–Crippen LogP) is 2.54. The number of rotatable bonds is 1. The number of thiophene rings is 1. The van der Waals surface area contributed by atoms with Crippen molar-refractivity contribution >= 4 is 51.6 Å². The Morgan fingerprint density at radius 2 is 2.14 bits per heavy atom. The first-order chi connectivity index (χ1) is 6.79. The summed E-state index contributed by atoms with van der Waals surface area (Å²) in [5.41, 5.74) is 0. The van der Waals surface area contributed by atoms with Crippen molar-refractivity contribution in [3.63, 3.8) is 0 Å². The van der Waals surface area contributed by atoms with Crippen LogP contribution in [0.4, 0.5) is 0 Å². The molecular formula is C9H10INOS2. The average Bonchev–Trinajstić information content (AvgIpc) is 2.65. The van der Waals surface area contributed by atoms with Gasteiger partial charge in [-0.3, -0.25) is 4.79 Å². The van der Waals surface area contributed by atoms with E-state index in [0.717, 1.165) is 33.0 Å². The fourth-order valence-corrected chi connectivity index (χ4v) is 4.05. The maximum absolute atomic E-state index is 12.0. The van der Waals surface area contributed by atoms with Crippen LogP contribution in [0.3, 0.4) is 0 Å². The zero-order valence-corrected chi connectivity index (χ0v) is 11.3. The SMILES string of the molecule is O=C(c1sccc1I)N1CCSCC1. The Labute approximate surface area is 105 Å². The van der Waals surface area contributed by atoms with E-state index in [1.54, 1.807) is 11.3 Å². The molecule has 5 heteroatoms. The molecular weight excluding hydrogens is 329 g/mol. The average molecular weight is 339 g/mol. The monoisotopic (exact) mass is 339 g/mol. The Hall–Kier alpha value is 0.250. The zero-order chi connectivity index (χ0) is 9.97. The maximum atomic E-state index is 12.0. The molecule has 14 heavy (non-hydrogen) atoms. The number of hydrogen-bond donors (Lipinski definition) is 0. The second kappa shape index (κ2) is 4.85. The van der Waals surface area contributed by atoms with Crippen molar-refractivity contribution in [2.75, 3.05) is 24.6 Å². The fourth-order valence-electron chi connectivity index (χ4n) is 1.36. The molecule has 1 fully saturated rings. The van der Waals surface area contributed by atoms with Gasteiger partial charge in [0.1, 0.15) is 4.88 Å². The molecule has 76 valence electrons. The molecule has 0 aromatic carbocycles. The molecule has 1 aromatic rings. The Morgan fingerprint density at radius 1 is 1.43 bits per heavy atom. The van der Waals surface area contributed by atoms with Gasteiger partial charge in [0, 0.05) is 28.2 Å². The molecule has 0 atom stereocenters. The summed E-state index contributed by atoms with van der Waals surface area (Å²) in [4.78, 5) is 14.9. The van der Waals surface area contributed by atoms with Crippen molar-refractivity contribution < 1.29 is 4.79 Å². The van der Waals surface area contributed by atoms with Gasteiger partial charge < -0.3 is 4.90 Å². The van der Waals surface area contributed by atoms with Crippen molar-refractivity contribution in [3.8, 4) is 0 Å². The first-order valence-corrected chi connectivity index (χ1v) is 7.50. The quantitative estimate of drug-likeness (QED) is 0.733. The van der Waals surface area contributed by atoms with Crippen molar-refractivity contribution in [2.45, 2.75) is 0 Å². The number of amides is 1. The van der Waals surface area contributed by atoms with Gasteiger partial charge >= 0.3 is 0 Å². The number of thioether (sulfide) groups is 1. The summed E-state index contributed by atoms with van der Waals surface area (Å²) >= 11 is 5.70. The van der Waals surface area contributed by atoms with E-state index in [0.29, 0.717) is 0 Å². The summed E-state index contributed by atoms with van der Waals surface area (Å²) in [6, 6.07) is 2.00. The van der Waals surface area contributed by atoms with Crippen LogP contribution in [0.5, 0.6) is 0 Å². The molecule has 0 unspecified atom stereocenters. The van der Waals surface area contributed by atoms with Gasteiger partial charge in [-0.15, -0.1) is 11.3 Å². The zero-order valence-electron chi connectivity index (χ0n) is 7.53. The van der Waals surface area contributed by atoms with Crippen molar-refractivity contribution in [1.29, 1.82) is 0 Å². The van der Waals surface area contributed by atoms with Crippen LogP contribution >= 0.6 is 45.7 Å². The molecule has 0 aliphatic carbocycles. The summed E-state index contributed by atoms with van der Waals surface area (Å²) < 4.78 is 1.08. The number of carbonyl (C=O) groups excluding carboxylic acids is 1. The maximum Gasteiger partial charge on any atom is 0.265 e. The molecule has 2 nitrogen and oxygen atoms in total. The van der Waals surface area contributed by atoms with Crippen LogP contribution < -0.4 is 0 Å². The van der Waals surface area contributed by atoms with Crippen molar-refractivity contribution in [2.24, 2.45) is 0 Å². The molecule has 0 spiro atoms. The number of nitrogens with zero attached hydrogens (tertiary/aromatic N) is 1. The Balaban J connectivity index is 2.11. The Bertz CT molecular complexity index is 333. The molecule has 0 N–H and O–H groups in total. The van der Waals surface area contributed by atoms with Gasteiger partial charge in [0.25, 0.3) is 5.91 Å². The molecule has 2 rings (SSSR count). The highest BCUT2D eigenvalue weighted by Crippen LogP contribution is 2.22. The van der Waals surface area contributed by atoms with E-state index in [-0.39, 0.29) is 5.91 Å². The van der Waals surface area contributed by atoms with Crippen LogP contribution in [0.1, 0.15) is 9.67 Å². The fraction of sp³-hybridized carbons (Fsp3) is 0.444. The topological polar surface area (TPSA) is 20.3 Å². The van der Waals surface area contributed by atoms with Gasteiger partial charge in [0.05, 0.1) is 0 Å². The minimum Gasteiger partial charge on any atom is -0.336 e. The summed E-state index contributed by atoms with van der Waals surface area (Å²) in [5.74, 6) is 2.37. The smallest absolute Gasteiger partial charge is 0.265 e. The van der Waals surface area contributed by atoms with Crippen LogP contribution in [0.25, 0.3) is 0 Å². The van der Waals surface area contributed by atoms with E-state index in [1.807, 2.05) is 28.1 Å². The summed E-state index contributed by atoms with van der Waals surface area (Å²) in [6.07, 6.45) is 0. The van der Waals surface area contributed by atoms with E-state index in [2.05, 4.69) is 22.6 Å². The van der Waals surface area contributed by atoms with Gasteiger partial charge in [-0.1, -0.05) is 0 Å². The van der Waals surface area contributed by atoms with E-state index in [1.165, 1.54) is 0 Å². The lowest BCUT2D eigenvalue weighted by molar-refractivity contribution is 0.0776. The highest BCUT2D eigenvalue weighted by molar-refractivity contribution is 14.1. The van der Waals surface area contributed by atoms with Crippen molar-refractivity contribution in [1.82, 2.24) is 4.90 Å². The first-order valence-electron chi connectivity index (χ1n) is 4.39. The minimum atomic E-state index is 0.213. The van der Waals surface area contributed by atoms with Gasteiger partial charge in [-0.25, -0.2) is 0 Å². The van der Waals surface area contributed by atoms with Gasteiger partial charge in [-0.2, -0.15) is 11.8 Å². The van der Waals surface area contributed by atoms with E-state index < -0.39 is 0 Å². The molecule has 0 radical (unpaired) electrons. The number of carbonyl (C=O) groups is 1. The molecule has 1 aliphatic heterocycles. The van der Waals surface area contributed by atoms with E-state index >= 15 is 0 Å². The van der Waals surface area contributed by atoms with Gasteiger partial charge in [-0.05, 0) is 34.0 Å². The normalized spacial score (nSPS) is 17.1. The standard InChI is InChI=1S/C9H10INOS2/c10-7-1-4-14-8(7)9(12)11-2-5-13-6-3-11/h1,4H,2-3,5-6H2. The summed E-state index contributed by atoms with van der Waals surface area (Å²) in [5, 5.41) is 1.98. The molecule has 1 saturated heterocycles. The third kappa shape index (κ3) is 2.25. The molecule has 2 heterocycles. The van der Waals surface area contributed by atoms with Crippen LogP contribution in [0.2, 0.25) is 0 Å². The number of halogens is 1. The van der Waals surface area contributed by atoms with Crippen molar-refractivity contribution in [3.05, 3.63) is 19.9 Å². The predicted molar refractivity (Wildman–Crippen MR) is 70.3 cm³/mol. The summed E-state index contributed by atoms with van der Waals surface area (Å²) in [7, 11) is 0. The molecule has 1 amide bonds. The van der Waals surface area contributed by atoms with Gasteiger partial charge in [0.15, 0.2) is 0 Å². The van der Waals surface area contributed by atoms with Crippen LogP contribution in [0, 0.1) is 3.57 Å². The second-order valence-corrected chi connectivity index (χ2v) is 6.31. The van der Waals surface area contributed by atoms with Crippen LogP contribution in [-0.2, 0) is 0 Å². The molecule has 1 aromatic heterocycles. The van der Waals surface area contributed by atoms with E-state index in [9.17, 15) is 4.79 Å². The van der Waals surface area contributed by atoms with E-state index in [4.69, 9.17) is 0 Å². The third-order valence-corrected chi connectivity index (χ3v) is 5.22. The van der Waals surface area contributed by atoms with Crippen LogP contribution in [-0.4, -0.2) is 35.4 Å². The third-order valence-electron chi connectivity index (χ3n) is 2.11. The second-order valence-electron chi connectivity index (χ2n) is 3.00. The molecule has 0 bridgehead atoms. The lowest BCUT2D eigenvalue weighted by atomic mass is 10.4. The van der Waals surface area contributed by atoms with Gasteiger partial charge in [0.2, 0.25) is 0 Å². The van der Waals surface area contributed by atoms with Crippen LogP contribution in [0.15, 0.2) is 11.4 Å². The minimum absolute atomic E-state index is 0.213. The largest absolute Gasteiger partial charge is 0.336 e. The summed E-state index contributed by atoms with van der Waals surface area (Å²) in [6.45, 7) is 1.80. The lowest BCUT2D eigenvalue weighted by Crippen LogP contribution is -2.37. The highest BCUT2D eigenvalue weighted by Gasteiger charge is 2.20. The first kappa shape index (κ1) is 10.8.